The van der Waals surface area contributed by atoms with Crippen molar-refractivity contribution in [2.75, 3.05) is 10.6 Å². The van der Waals surface area contributed by atoms with Crippen LogP contribution in [0.2, 0.25) is 0 Å². The molecule has 18 heavy (non-hydrogen) atoms. The maximum Gasteiger partial charge on any atom is 0.305 e. The minimum Gasteiger partial charge on any atom is -0.481 e. The first kappa shape index (κ1) is 12.6. The van der Waals surface area contributed by atoms with Crippen LogP contribution in [0.1, 0.15) is 33.1 Å². The second kappa shape index (κ2) is 4.80. The van der Waals surface area contributed by atoms with Crippen LogP contribution < -0.4 is 10.6 Å². The van der Waals surface area contributed by atoms with Gasteiger partial charge in [0.15, 0.2) is 0 Å². The van der Waals surface area contributed by atoms with Crippen LogP contribution in [-0.2, 0) is 4.79 Å². The fourth-order valence-electron chi connectivity index (χ4n) is 1.71. The number of nitrogens with one attached hydrogen (secondary N) is 2. The molecule has 1 aliphatic rings. The number of aromatic nitrogens is 2. The molecule has 1 aromatic heterocycles. The summed E-state index contributed by atoms with van der Waals surface area (Å²) in [7, 11) is 0. The van der Waals surface area contributed by atoms with E-state index in [0.717, 1.165) is 5.82 Å². The van der Waals surface area contributed by atoms with E-state index < -0.39 is 11.5 Å². The van der Waals surface area contributed by atoms with E-state index in [-0.39, 0.29) is 6.42 Å². The van der Waals surface area contributed by atoms with E-state index in [1.807, 2.05) is 19.9 Å². The average Bonchev–Trinajstić information content (AvgIpc) is 2.98. The largest absolute Gasteiger partial charge is 0.481 e. The smallest absolute Gasteiger partial charge is 0.305 e. The van der Waals surface area contributed by atoms with Crippen molar-refractivity contribution < 1.29 is 9.90 Å². The molecule has 0 amide bonds. The summed E-state index contributed by atoms with van der Waals surface area (Å²) in [6, 6.07) is 2.34. The molecule has 1 aromatic rings. The molecule has 0 unspecified atom stereocenters. The minimum atomic E-state index is -0.835. The first-order valence-corrected chi connectivity index (χ1v) is 6.03. The molecule has 0 bridgehead atoms. The van der Waals surface area contributed by atoms with Gasteiger partial charge >= 0.3 is 5.97 Å². The van der Waals surface area contributed by atoms with Gasteiger partial charge in [0.05, 0.1) is 6.42 Å². The van der Waals surface area contributed by atoms with Crippen LogP contribution in [0.4, 0.5) is 11.6 Å². The first-order chi connectivity index (χ1) is 8.44. The normalized spacial score (nSPS) is 15.2. The summed E-state index contributed by atoms with van der Waals surface area (Å²) in [5, 5.41) is 15.2. The molecular weight excluding hydrogens is 232 g/mol. The summed E-state index contributed by atoms with van der Waals surface area (Å²) < 4.78 is 0. The Balaban J connectivity index is 2.01. The zero-order valence-corrected chi connectivity index (χ0v) is 10.6. The number of rotatable bonds is 6. The Kier molecular flexibility index (Phi) is 3.36. The highest BCUT2D eigenvalue weighted by molar-refractivity contribution is 5.69. The SMILES string of the molecule is CC(C)(CC(=O)O)Nc1cc(NC2CC2)ncn1. The van der Waals surface area contributed by atoms with E-state index in [9.17, 15) is 4.79 Å². The summed E-state index contributed by atoms with van der Waals surface area (Å²) in [6.45, 7) is 3.66. The Morgan fingerprint density at radius 3 is 2.72 bits per heavy atom. The Bertz CT molecular complexity index is 443. The summed E-state index contributed by atoms with van der Waals surface area (Å²) in [6.07, 6.45) is 3.86. The van der Waals surface area contributed by atoms with Crippen molar-refractivity contribution in [3.63, 3.8) is 0 Å². The zero-order chi connectivity index (χ0) is 13.2. The molecule has 0 aromatic carbocycles. The lowest BCUT2D eigenvalue weighted by atomic mass is 10.0. The molecule has 0 spiro atoms. The fourth-order valence-corrected chi connectivity index (χ4v) is 1.71. The van der Waals surface area contributed by atoms with Crippen molar-refractivity contribution in [3.05, 3.63) is 12.4 Å². The van der Waals surface area contributed by atoms with Gasteiger partial charge in [0.1, 0.15) is 18.0 Å². The maximum atomic E-state index is 10.7. The van der Waals surface area contributed by atoms with Gasteiger partial charge in [-0.2, -0.15) is 0 Å². The summed E-state index contributed by atoms with van der Waals surface area (Å²) in [4.78, 5) is 19.0. The predicted molar refractivity (Wildman–Crippen MR) is 68.6 cm³/mol. The number of anilines is 2. The molecule has 1 heterocycles. The highest BCUT2D eigenvalue weighted by atomic mass is 16.4. The van der Waals surface area contributed by atoms with E-state index in [2.05, 4.69) is 20.6 Å². The molecule has 98 valence electrons. The number of carbonyl (C=O) groups is 1. The van der Waals surface area contributed by atoms with Gasteiger partial charge in [-0.25, -0.2) is 9.97 Å². The number of hydrogen-bond donors (Lipinski definition) is 3. The lowest BCUT2D eigenvalue weighted by molar-refractivity contribution is -0.137. The Morgan fingerprint density at radius 2 is 2.11 bits per heavy atom. The van der Waals surface area contributed by atoms with Gasteiger partial charge in [0, 0.05) is 17.6 Å². The molecule has 1 fully saturated rings. The third-order valence-electron chi connectivity index (χ3n) is 2.66. The number of aliphatic carboxylic acids is 1. The molecule has 6 nitrogen and oxygen atoms in total. The molecular formula is C12H18N4O2. The van der Waals surface area contributed by atoms with Crippen LogP contribution in [0.5, 0.6) is 0 Å². The van der Waals surface area contributed by atoms with Crippen LogP contribution in [0.25, 0.3) is 0 Å². The van der Waals surface area contributed by atoms with E-state index in [1.165, 1.54) is 19.2 Å². The molecule has 0 saturated heterocycles. The third-order valence-corrected chi connectivity index (χ3v) is 2.66. The molecule has 0 atom stereocenters. The molecule has 1 saturated carbocycles. The average molecular weight is 250 g/mol. The maximum absolute atomic E-state index is 10.7. The second-order valence-electron chi connectivity index (χ2n) is 5.29. The minimum absolute atomic E-state index is 0.0301. The predicted octanol–water partition coefficient (Wildman–Crippen LogP) is 1.72. The molecule has 2 rings (SSSR count). The van der Waals surface area contributed by atoms with Crippen LogP contribution in [0.3, 0.4) is 0 Å². The van der Waals surface area contributed by atoms with Gasteiger partial charge in [-0.15, -0.1) is 0 Å². The van der Waals surface area contributed by atoms with Crippen molar-refractivity contribution in [2.45, 2.75) is 44.7 Å². The molecule has 1 aliphatic carbocycles. The van der Waals surface area contributed by atoms with Crippen molar-refractivity contribution in [2.24, 2.45) is 0 Å². The van der Waals surface area contributed by atoms with E-state index in [0.29, 0.717) is 11.9 Å². The standard InChI is InChI=1S/C12H18N4O2/c1-12(2,6-11(17)18)16-10-5-9(13-7-14-10)15-8-3-4-8/h5,7-8H,3-4,6H2,1-2H3,(H,17,18)(H2,13,14,15,16). The summed E-state index contributed by atoms with van der Waals surface area (Å²) in [5.74, 6) is 0.582. The van der Waals surface area contributed by atoms with Gasteiger partial charge in [-0.05, 0) is 26.7 Å². The topological polar surface area (TPSA) is 87.1 Å². The van der Waals surface area contributed by atoms with Crippen LogP contribution in [-0.4, -0.2) is 32.6 Å². The lowest BCUT2D eigenvalue weighted by Gasteiger charge is -2.24. The van der Waals surface area contributed by atoms with Crippen molar-refractivity contribution >= 4 is 17.6 Å². The number of hydrogen-bond acceptors (Lipinski definition) is 5. The van der Waals surface area contributed by atoms with Gasteiger partial charge in [0.25, 0.3) is 0 Å². The molecule has 3 N–H and O–H groups in total. The van der Waals surface area contributed by atoms with E-state index in [4.69, 9.17) is 5.11 Å². The van der Waals surface area contributed by atoms with E-state index in [1.54, 1.807) is 0 Å². The highest BCUT2D eigenvalue weighted by Crippen LogP contribution is 2.25. The summed E-state index contributed by atoms with van der Waals surface area (Å²) >= 11 is 0. The van der Waals surface area contributed by atoms with Gasteiger partial charge < -0.3 is 15.7 Å². The Hall–Kier alpha value is -1.85. The van der Waals surface area contributed by atoms with Crippen LogP contribution in [0.15, 0.2) is 12.4 Å². The monoisotopic (exact) mass is 250 g/mol. The van der Waals surface area contributed by atoms with Crippen molar-refractivity contribution in [1.82, 2.24) is 9.97 Å². The first-order valence-electron chi connectivity index (χ1n) is 6.03. The third kappa shape index (κ3) is 3.87. The number of carboxylic acid groups (broad SMARTS) is 1. The molecule has 0 aliphatic heterocycles. The second-order valence-corrected chi connectivity index (χ2v) is 5.29. The van der Waals surface area contributed by atoms with Gasteiger partial charge in [0.2, 0.25) is 0 Å². The molecule has 6 heteroatoms. The Morgan fingerprint density at radius 1 is 1.44 bits per heavy atom. The fraction of sp³-hybridized carbons (Fsp3) is 0.583. The lowest BCUT2D eigenvalue weighted by Crippen LogP contribution is -2.34. The quantitative estimate of drug-likeness (QED) is 0.712. The number of carboxylic acids is 1. The van der Waals surface area contributed by atoms with Crippen LogP contribution >= 0.6 is 0 Å². The van der Waals surface area contributed by atoms with Gasteiger partial charge in [-0.1, -0.05) is 0 Å². The van der Waals surface area contributed by atoms with E-state index >= 15 is 0 Å². The summed E-state index contributed by atoms with van der Waals surface area (Å²) in [5.41, 5.74) is -0.545. The zero-order valence-electron chi connectivity index (χ0n) is 10.6. The number of nitrogens with zero attached hydrogens (tertiary/aromatic N) is 2. The van der Waals surface area contributed by atoms with Gasteiger partial charge in [-0.3, -0.25) is 4.79 Å². The Labute approximate surface area is 106 Å². The van der Waals surface area contributed by atoms with Crippen molar-refractivity contribution in [1.29, 1.82) is 0 Å². The molecule has 0 radical (unpaired) electrons. The van der Waals surface area contributed by atoms with Crippen molar-refractivity contribution in [3.8, 4) is 0 Å². The highest BCUT2D eigenvalue weighted by Gasteiger charge is 2.23. The van der Waals surface area contributed by atoms with Crippen LogP contribution in [0, 0.1) is 0 Å².